The first-order valence-corrected chi connectivity index (χ1v) is 23.4. The van der Waals surface area contributed by atoms with Crippen LogP contribution in [0.5, 0.6) is 5.75 Å². The number of aromatic hydroxyl groups is 1. The van der Waals surface area contributed by atoms with Crippen molar-refractivity contribution < 1.29 is 43.8 Å². The Hall–Kier alpha value is -7.03. The molecule has 0 spiro atoms. The van der Waals surface area contributed by atoms with Crippen LogP contribution in [0.4, 0.5) is 0 Å². The number of carboxylic acid groups (broad SMARTS) is 1. The molecule has 21 heteroatoms. The number of aromatic nitrogens is 2. The number of guanidine groups is 1. The number of nitrogens with zero attached hydrogens (tertiary/aromatic N) is 4. The minimum Gasteiger partial charge on any atom is -0.508 e. The molecule has 0 radical (unpaired) electrons. The fraction of sp³-hybridized carbons (Fsp3) is 0.521. The van der Waals surface area contributed by atoms with E-state index in [1.54, 1.807) is 63.2 Å². The molecule has 0 saturated carbocycles. The summed E-state index contributed by atoms with van der Waals surface area (Å²) >= 11 is 0. The average Bonchev–Trinajstić information content (AvgIpc) is 3.85. The molecule has 6 amide bonds. The number of carbonyl (C=O) groups is 7. The molecule has 2 aromatic carbocycles. The van der Waals surface area contributed by atoms with E-state index in [1.165, 1.54) is 41.5 Å². The molecule has 0 unspecified atom stereocenters. The number of phenols is 1. The van der Waals surface area contributed by atoms with Crippen molar-refractivity contribution in [3.63, 3.8) is 0 Å². The van der Waals surface area contributed by atoms with Gasteiger partial charge in [-0.25, -0.2) is 9.78 Å². The summed E-state index contributed by atoms with van der Waals surface area (Å²) in [5, 5.41) is 31.2. The summed E-state index contributed by atoms with van der Waals surface area (Å²) in [5.41, 5.74) is 18.7. The Morgan fingerprint density at radius 2 is 1.52 bits per heavy atom. The minimum atomic E-state index is -1.27. The van der Waals surface area contributed by atoms with Gasteiger partial charge >= 0.3 is 5.97 Å². The van der Waals surface area contributed by atoms with E-state index in [2.05, 4.69) is 36.2 Å². The highest BCUT2D eigenvalue weighted by molar-refractivity contribution is 5.97. The normalized spacial score (nSPS) is 16.6. The number of hydrogen-bond donors (Lipinski definition) is 10. The number of piperidine rings is 1. The zero-order valence-corrected chi connectivity index (χ0v) is 40.1. The molecule has 1 aromatic heterocycles. The van der Waals surface area contributed by atoms with Crippen LogP contribution in [0.1, 0.15) is 83.0 Å². The third-order valence-electron chi connectivity index (χ3n) is 12.4. The van der Waals surface area contributed by atoms with Crippen LogP contribution in [-0.2, 0) is 52.8 Å². The van der Waals surface area contributed by atoms with E-state index in [1.807, 2.05) is 6.92 Å². The lowest BCUT2D eigenvalue weighted by molar-refractivity contribution is -0.147. The number of carbonyl (C=O) groups excluding carboxylic acids is 6. The van der Waals surface area contributed by atoms with Crippen LogP contribution < -0.4 is 38.5 Å². The van der Waals surface area contributed by atoms with Crippen molar-refractivity contribution >= 4 is 47.4 Å². The van der Waals surface area contributed by atoms with Gasteiger partial charge in [0.25, 0.3) is 0 Å². The zero-order chi connectivity index (χ0) is 50.8. The van der Waals surface area contributed by atoms with Gasteiger partial charge in [-0.1, -0.05) is 76.6 Å². The predicted molar refractivity (Wildman–Crippen MR) is 258 cm³/mol. The molecule has 4 rings (SSSR count). The quantitative estimate of drug-likeness (QED) is 0.0314. The number of aromatic amines is 1. The largest absolute Gasteiger partial charge is 0.508 e. The molecule has 13 N–H and O–H groups in total. The highest BCUT2D eigenvalue weighted by Gasteiger charge is 2.41. The average molecular weight is 959 g/mol. The number of imidazole rings is 1. The fourth-order valence-corrected chi connectivity index (χ4v) is 8.07. The molecule has 8 atom stereocenters. The summed E-state index contributed by atoms with van der Waals surface area (Å²) in [6.07, 6.45) is 5.28. The van der Waals surface area contributed by atoms with E-state index >= 15 is 0 Å². The van der Waals surface area contributed by atoms with E-state index in [9.17, 15) is 43.8 Å². The van der Waals surface area contributed by atoms with E-state index in [-0.39, 0.29) is 56.9 Å². The number of H-pyrrole nitrogens is 1. The maximum absolute atomic E-state index is 14.7. The van der Waals surface area contributed by atoms with E-state index in [4.69, 9.17) is 17.2 Å². The molecule has 2 heterocycles. The molecule has 0 aliphatic carbocycles. The molecule has 0 bridgehead atoms. The van der Waals surface area contributed by atoms with Gasteiger partial charge in [-0.05, 0) is 67.2 Å². The van der Waals surface area contributed by atoms with Crippen LogP contribution in [0.3, 0.4) is 0 Å². The Bertz CT molecular complexity index is 2200. The number of benzene rings is 2. The van der Waals surface area contributed by atoms with Crippen LogP contribution in [0.25, 0.3) is 0 Å². The van der Waals surface area contributed by atoms with Gasteiger partial charge in [0.2, 0.25) is 35.4 Å². The van der Waals surface area contributed by atoms with Gasteiger partial charge in [0, 0.05) is 51.3 Å². The molecule has 69 heavy (non-hydrogen) atoms. The van der Waals surface area contributed by atoms with Crippen LogP contribution in [0, 0.1) is 11.8 Å². The number of aliphatic carboxylic acids is 1. The summed E-state index contributed by atoms with van der Waals surface area (Å²) in [6.45, 7) is 7.47. The van der Waals surface area contributed by atoms with E-state index in [0.29, 0.717) is 42.5 Å². The first-order valence-electron chi connectivity index (χ1n) is 23.4. The van der Waals surface area contributed by atoms with Crippen LogP contribution in [0.2, 0.25) is 0 Å². The summed E-state index contributed by atoms with van der Waals surface area (Å²) in [5.74, 6) is -6.13. The predicted octanol–water partition coefficient (Wildman–Crippen LogP) is 0.458. The molecule has 1 saturated heterocycles. The van der Waals surface area contributed by atoms with Crippen molar-refractivity contribution in [2.75, 3.05) is 20.1 Å². The lowest BCUT2D eigenvalue weighted by Gasteiger charge is -2.38. The number of nitrogens with one attached hydrogen (secondary N) is 5. The number of rotatable bonds is 25. The van der Waals surface area contributed by atoms with Crippen LogP contribution in [0.15, 0.2) is 72.1 Å². The number of likely N-dealkylation sites (N-methyl/N-ethyl adjacent to an activating group) is 1. The summed E-state index contributed by atoms with van der Waals surface area (Å²) in [6, 6.07) is 6.79. The Morgan fingerprint density at radius 1 is 0.855 bits per heavy atom. The molecule has 1 aliphatic rings. The molecular formula is C48H70N12O9. The number of nitrogens with two attached hydrogens (primary N) is 3. The Balaban J connectivity index is 1.60. The smallest absolute Gasteiger partial charge is 0.326 e. The minimum absolute atomic E-state index is 0.0156. The van der Waals surface area contributed by atoms with Gasteiger partial charge in [0.15, 0.2) is 5.96 Å². The maximum Gasteiger partial charge on any atom is 0.326 e. The van der Waals surface area contributed by atoms with Gasteiger partial charge in [-0.3, -0.25) is 33.8 Å². The fourth-order valence-electron chi connectivity index (χ4n) is 8.07. The molecule has 376 valence electrons. The SMILES string of the molecule is CC[C@H](C)[C@H](NC(=O)[C@H](Cc1ccc(O)cc1)N(C)C(=O)[C@@H](NC(=O)[C@@H](N)CCCN=C(N)N)C(C)C)C(=O)N[C@@H](Cc1cnc[nH]1)C(=O)N1CCCC[C@H]1C(=O)N[C@@H](Cc1ccccc1)C(=O)O. The van der Waals surface area contributed by atoms with Crippen molar-refractivity contribution in [3.05, 3.63) is 83.9 Å². The van der Waals surface area contributed by atoms with Gasteiger partial charge in [-0.15, -0.1) is 0 Å². The number of hydrogen-bond acceptors (Lipinski definition) is 11. The summed E-state index contributed by atoms with van der Waals surface area (Å²) in [7, 11) is 1.42. The molecule has 1 fully saturated rings. The molecule has 3 aromatic rings. The zero-order valence-electron chi connectivity index (χ0n) is 40.1. The van der Waals surface area contributed by atoms with Crippen molar-refractivity contribution in [3.8, 4) is 5.75 Å². The number of aliphatic imine (C=N–C) groups is 1. The monoisotopic (exact) mass is 959 g/mol. The van der Waals surface area contributed by atoms with Gasteiger partial charge in [-0.2, -0.15) is 0 Å². The second-order valence-corrected chi connectivity index (χ2v) is 18.0. The Kier molecular flexibility index (Phi) is 21.0. The molecular weight excluding hydrogens is 889 g/mol. The third kappa shape index (κ3) is 16.3. The second kappa shape index (κ2) is 26.5. The van der Waals surface area contributed by atoms with Crippen molar-refractivity contribution in [2.45, 2.75) is 128 Å². The van der Waals surface area contributed by atoms with E-state index in [0.717, 1.165) is 0 Å². The van der Waals surface area contributed by atoms with Crippen LogP contribution in [-0.4, -0.2) is 140 Å². The lowest BCUT2D eigenvalue weighted by atomic mass is 9.95. The number of likely N-dealkylation sites (tertiary alicyclic amines) is 1. The summed E-state index contributed by atoms with van der Waals surface area (Å²) in [4.78, 5) is 111. The summed E-state index contributed by atoms with van der Waals surface area (Å²) < 4.78 is 0. The number of carboxylic acids is 1. The Morgan fingerprint density at radius 3 is 2.13 bits per heavy atom. The van der Waals surface area contributed by atoms with Crippen molar-refractivity contribution in [1.29, 1.82) is 0 Å². The van der Waals surface area contributed by atoms with Crippen molar-refractivity contribution in [1.82, 2.24) is 41.0 Å². The number of amides is 6. The number of phenolic OH excluding ortho intramolecular Hbond substituents is 1. The van der Waals surface area contributed by atoms with Gasteiger partial charge < -0.3 is 63.5 Å². The molecule has 1 aliphatic heterocycles. The third-order valence-corrected chi connectivity index (χ3v) is 12.4. The lowest BCUT2D eigenvalue weighted by Crippen LogP contribution is -2.62. The van der Waals surface area contributed by atoms with Crippen molar-refractivity contribution in [2.24, 2.45) is 34.0 Å². The van der Waals surface area contributed by atoms with E-state index < -0.39 is 95.5 Å². The first kappa shape index (κ1) is 54.6. The van der Waals surface area contributed by atoms with Gasteiger partial charge in [0.05, 0.1) is 12.4 Å². The highest BCUT2D eigenvalue weighted by Crippen LogP contribution is 2.22. The standard InChI is InChI=1S/C48H70N12O9/c1-6-29(4)40(58-43(64)38(24-31-17-19-33(61)20-18-31)59(5)46(67)39(28(2)3)57-41(62)34(49)15-12-21-53-48(50)51)44(65)55-35(25-32-26-52-27-54-32)45(66)60-22-11-10-16-37(60)42(63)56-36(47(68)69)23-30-13-8-7-9-14-30/h7-9,13-14,17-20,26-29,34-40,61H,6,10-12,15-16,21-25,49H2,1-5H3,(H,52,54)(H,55,65)(H,56,63)(H,57,62)(H,58,64)(H,68,69)(H4,50,51,53)/t29-,34-,35-,36-,37-,38-,39-,40-/m0/s1. The Labute approximate surface area is 402 Å². The first-order chi connectivity index (χ1) is 32.8. The highest BCUT2D eigenvalue weighted by atomic mass is 16.4. The molecule has 21 nitrogen and oxygen atoms in total. The van der Waals surface area contributed by atoms with Gasteiger partial charge in [0.1, 0.15) is 42.0 Å². The topological polar surface area (TPSA) is 334 Å². The van der Waals surface area contributed by atoms with Crippen LogP contribution >= 0.6 is 0 Å². The second-order valence-electron chi connectivity index (χ2n) is 18.0. The maximum atomic E-state index is 14.7.